The average Bonchev–Trinajstić information content (AvgIpc) is 2.65. The van der Waals surface area contributed by atoms with E-state index in [-0.39, 0.29) is 41.2 Å². The van der Waals surface area contributed by atoms with Gasteiger partial charge >= 0.3 is 0 Å². The molecule has 0 bridgehead atoms. The summed E-state index contributed by atoms with van der Waals surface area (Å²) in [5.41, 5.74) is -0.643. The Balaban J connectivity index is 1.92. The second kappa shape index (κ2) is 8.01. The van der Waals surface area contributed by atoms with Gasteiger partial charge in [0.2, 0.25) is 10.0 Å². The molecule has 1 heterocycles. The zero-order valence-electron chi connectivity index (χ0n) is 13.9. The van der Waals surface area contributed by atoms with Gasteiger partial charge < -0.3 is 10.1 Å². The summed E-state index contributed by atoms with van der Waals surface area (Å²) in [5.74, 6) is -2.69. The lowest BCUT2D eigenvalue weighted by molar-refractivity contribution is 0.0730. The second-order valence-electron chi connectivity index (χ2n) is 5.71. The predicted molar refractivity (Wildman–Crippen MR) is 98.0 cm³/mol. The lowest BCUT2D eigenvalue weighted by atomic mass is 10.2. The quantitative estimate of drug-likeness (QED) is 0.760. The molecule has 1 saturated heterocycles. The molecule has 1 N–H and O–H groups in total. The van der Waals surface area contributed by atoms with E-state index >= 15 is 0 Å². The van der Waals surface area contributed by atoms with Crippen LogP contribution in [-0.2, 0) is 14.8 Å². The summed E-state index contributed by atoms with van der Waals surface area (Å²) in [6.45, 7) is 0.963. The molecule has 1 aliphatic rings. The molecule has 0 radical (unpaired) electrons. The lowest BCUT2D eigenvalue weighted by Crippen LogP contribution is -2.40. The number of anilines is 1. The fourth-order valence-corrected chi connectivity index (χ4v) is 4.93. The maximum Gasteiger partial charge on any atom is 0.255 e. The Morgan fingerprint density at radius 1 is 1.11 bits per heavy atom. The van der Waals surface area contributed by atoms with E-state index in [2.05, 4.69) is 21.2 Å². The molecule has 0 spiro atoms. The Hall–Kier alpha value is -1.88. The molecule has 2 aromatic rings. The van der Waals surface area contributed by atoms with E-state index in [1.165, 1.54) is 28.6 Å². The van der Waals surface area contributed by atoms with Crippen molar-refractivity contribution in [1.82, 2.24) is 4.31 Å². The Morgan fingerprint density at radius 3 is 2.37 bits per heavy atom. The third-order valence-electron chi connectivity index (χ3n) is 3.98. The number of benzene rings is 2. The summed E-state index contributed by atoms with van der Waals surface area (Å²) in [7, 11) is -3.86. The molecule has 10 heteroatoms. The first kappa shape index (κ1) is 19.9. The van der Waals surface area contributed by atoms with Crippen LogP contribution < -0.4 is 5.32 Å². The van der Waals surface area contributed by atoms with Gasteiger partial charge in [0.15, 0.2) is 0 Å². The van der Waals surface area contributed by atoms with Gasteiger partial charge in [0, 0.05) is 23.1 Å². The predicted octanol–water partition coefficient (Wildman–Crippen LogP) is 3.00. The van der Waals surface area contributed by atoms with Crippen LogP contribution in [0.4, 0.5) is 14.5 Å². The molecule has 2 aromatic carbocycles. The highest BCUT2D eigenvalue weighted by Gasteiger charge is 2.29. The van der Waals surface area contributed by atoms with Crippen molar-refractivity contribution in [3.05, 3.63) is 58.1 Å². The van der Waals surface area contributed by atoms with Gasteiger partial charge in [-0.25, -0.2) is 17.2 Å². The van der Waals surface area contributed by atoms with Crippen molar-refractivity contribution in [3.8, 4) is 0 Å². The van der Waals surface area contributed by atoms with Crippen molar-refractivity contribution in [2.45, 2.75) is 4.90 Å². The van der Waals surface area contributed by atoms with Crippen molar-refractivity contribution in [2.75, 3.05) is 31.6 Å². The van der Waals surface area contributed by atoms with E-state index < -0.39 is 33.3 Å². The van der Waals surface area contributed by atoms with Crippen LogP contribution in [0.5, 0.6) is 0 Å². The summed E-state index contributed by atoms with van der Waals surface area (Å²) < 4.78 is 59.8. The second-order valence-corrected chi connectivity index (χ2v) is 8.47. The topological polar surface area (TPSA) is 75.7 Å². The Labute approximate surface area is 163 Å². The number of ether oxygens (including phenoxy) is 1. The van der Waals surface area contributed by atoms with Crippen LogP contribution in [0.15, 0.2) is 45.8 Å². The van der Waals surface area contributed by atoms with Crippen LogP contribution in [0.3, 0.4) is 0 Å². The Morgan fingerprint density at radius 2 is 1.74 bits per heavy atom. The number of morpholine rings is 1. The van der Waals surface area contributed by atoms with Gasteiger partial charge in [-0.2, -0.15) is 4.31 Å². The van der Waals surface area contributed by atoms with Crippen molar-refractivity contribution in [1.29, 1.82) is 0 Å². The molecular weight excluding hydrogens is 446 g/mol. The van der Waals surface area contributed by atoms with E-state index in [4.69, 9.17) is 4.74 Å². The van der Waals surface area contributed by atoms with Crippen LogP contribution in [0, 0.1) is 11.6 Å². The Bertz CT molecular complexity index is 959. The van der Waals surface area contributed by atoms with Gasteiger partial charge in [-0.05, 0) is 46.3 Å². The minimum Gasteiger partial charge on any atom is -0.379 e. The summed E-state index contributed by atoms with van der Waals surface area (Å²) >= 11 is 3.18. The minimum atomic E-state index is -3.86. The first-order valence-corrected chi connectivity index (χ1v) is 10.2. The third kappa shape index (κ3) is 4.18. The fraction of sp³-hybridized carbons (Fsp3) is 0.235. The monoisotopic (exact) mass is 460 g/mol. The molecule has 144 valence electrons. The van der Waals surface area contributed by atoms with E-state index in [0.717, 1.165) is 12.1 Å². The maximum atomic E-state index is 13.7. The molecule has 6 nitrogen and oxygen atoms in total. The van der Waals surface area contributed by atoms with Crippen molar-refractivity contribution in [3.63, 3.8) is 0 Å². The van der Waals surface area contributed by atoms with Crippen LogP contribution in [-0.4, -0.2) is 44.9 Å². The highest BCUT2D eigenvalue weighted by Crippen LogP contribution is 2.27. The van der Waals surface area contributed by atoms with Crippen LogP contribution in [0.25, 0.3) is 0 Å². The van der Waals surface area contributed by atoms with Gasteiger partial charge in [0.25, 0.3) is 5.91 Å². The third-order valence-corrected chi connectivity index (χ3v) is 6.88. The first-order chi connectivity index (χ1) is 12.8. The highest BCUT2D eigenvalue weighted by atomic mass is 79.9. The lowest BCUT2D eigenvalue weighted by Gasteiger charge is -2.26. The zero-order valence-corrected chi connectivity index (χ0v) is 16.3. The molecule has 0 aliphatic carbocycles. The molecular formula is C17H15BrF2N2O4S. The van der Waals surface area contributed by atoms with E-state index in [1.54, 1.807) is 0 Å². The minimum absolute atomic E-state index is 0.0484. The summed E-state index contributed by atoms with van der Waals surface area (Å²) in [6, 6.07) is 7.12. The summed E-state index contributed by atoms with van der Waals surface area (Å²) in [6.07, 6.45) is 0. The SMILES string of the molecule is O=C(Nc1c(F)cccc1F)c1ccc(Br)c(S(=O)(=O)N2CCOCC2)c1. The fourth-order valence-electron chi connectivity index (χ4n) is 2.57. The van der Waals surface area contributed by atoms with E-state index in [0.29, 0.717) is 0 Å². The highest BCUT2D eigenvalue weighted by molar-refractivity contribution is 9.10. The van der Waals surface area contributed by atoms with Crippen molar-refractivity contribution < 1.29 is 26.7 Å². The number of halogens is 3. The number of nitrogens with zero attached hydrogens (tertiary/aromatic N) is 1. The number of hydrogen-bond donors (Lipinski definition) is 1. The molecule has 0 aromatic heterocycles. The van der Waals surface area contributed by atoms with E-state index in [1.807, 2.05) is 0 Å². The molecule has 0 unspecified atom stereocenters. The molecule has 27 heavy (non-hydrogen) atoms. The molecule has 3 rings (SSSR count). The molecule has 0 saturated carbocycles. The maximum absolute atomic E-state index is 13.7. The molecule has 1 amide bonds. The smallest absolute Gasteiger partial charge is 0.255 e. The zero-order chi connectivity index (χ0) is 19.6. The van der Waals surface area contributed by atoms with Crippen LogP contribution >= 0.6 is 15.9 Å². The number of para-hydroxylation sites is 1. The molecule has 1 aliphatic heterocycles. The van der Waals surface area contributed by atoms with Crippen molar-refractivity contribution >= 4 is 37.5 Å². The Kier molecular flexibility index (Phi) is 5.89. The average molecular weight is 461 g/mol. The molecule has 0 atom stereocenters. The number of carbonyl (C=O) groups is 1. The number of amides is 1. The normalized spacial score (nSPS) is 15.5. The van der Waals surface area contributed by atoms with Crippen LogP contribution in [0.1, 0.15) is 10.4 Å². The summed E-state index contributed by atoms with van der Waals surface area (Å²) in [4.78, 5) is 12.3. The van der Waals surface area contributed by atoms with E-state index in [9.17, 15) is 22.0 Å². The van der Waals surface area contributed by atoms with Gasteiger partial charge in [0.05, 0.1) is 18.1 Å². The number of nitrogens with one attached hydrogen (secondary N) is 1. The first-order valence-electron chi connectivity index (χ1n) is 7.93. The largest absolute Gasteiger partial charge is 0.379 e. The van der Waals surface area contributed by atoms with Crippen molar-refractivity contribution in [2.24, 2.45) is 0 Å². The number of hydrogen-bond acceptors (Lipinski definition) is 4. The molecule has 1 fully saturated rings. The van der Waals surface area contributed by atoms with Gasteiger partial charge in [-0.1, -0.05) is 6.07 Å². The number of rotatable bonds is 4. The van der Waals surface area contributed by atoms with Gasteiger partial charge in [0.1, 0.15) is 17.3 Å². The van der Waals surface area contributed by atoms with Crippen LogP contribution in [0.2, 0.25) is 0 Å². The number of sulfonamides is 1. The standard InChI is InChI=1S/C17H15BrF2N2O4S/c18-12-5-4-11(17(23)21-16-13(19)2-1-3-14(16)20)10-15(12)27(24,25)22-6-8-26-9-7-22/h1-5,10H,6-9H2,(H,21,23). The summed E-state index contributed by atoms with van der Waals surface area (Å²) in [5, 5.41) is 2.14. The van der Waals surface area contributed by atoms with Gasteiger partial charge in [-0.3, -0.25) is 4.79 Å². The number of carbonyl (C=O) groups excluding carboxylic acids is 1. The van der Waals surface area contributed by atoms with Gasteiger partial charge in [-0.15, -0.1) is 0 Å².